The van der Waals surface area contributed by atoms with Gasteiger partial charge in [0, 0.05) is 38.8 Å². The third-order valence-corrected chi connectivity index (χ3v) is 8.54. The van der Waals surface area contributed by atoms with Crippen LogP contribution in [0.5, 0.6) is 0 Å². The van der Waals surface area contributed by atoms with Gasteiger partial charge in [0.05, 0.1) is 33.3 Å². The van der Waals surface area contributed by atoms with Gasteiger partial charge in [0.25, 0.3) is 0 Å². The summed E-state index contributed by atoms with van der Waals surface area (Å²) >= 11 is 1.67. The highest BCUT2D eigenvalue weighted by Gasteiger charge is 2.18. The Balaban J connectivity index is 1.38. The molecule has 0 saturated carbocycles. The third-order valence-electron chi connectivity index (χ3n) is 7.79. The zero-order valence-electron chi connectivity index (χ0n) is 20.2. The van der Waals surface area contributed by atoms with Crippen molar-refractivity contribution in [3.63, 3.8) is 0 Å². The number of nitrogens with zero attached hydrogens (tertiary/aromatic N) is 4. The molecule has 0 radical (unpaired) electrons. The van der Waals surface area contributed by atoms with Crippen LogP contribution < -0.4 is 0 Å². The fraction of sp³-hybridized carbons (Fsp3) is 0. The summed E-state index contributed by atoms with van der Waals surface area (Å²) < 4.78 is 6.94. The zero-order chi connectivity index (χ0) is 24.8. The van der Waals surface area contributed by atoms with E-state index >= 15 is 0 Å². The summed E-state index contributed by atoms with van der Waals surface area (Å²) in [7, 11) is 0. The van der Waals surface area contributed by atoms with E-state index in [4.69, 9.17) is 4.98 Å². The smallest absolute Gasteiger partial charge is 0.194 e. The van der Waals surface area contributed by atoms with Gasteiger partial charge in [-0.05, 0) is 48.5 Å². The van der Waals surface area contributed by atoms with E-state index in [-0.39, 0.29) is 0 Å². The first-order chi connectivity index (χ1) is 18.9. The van der Waals surface area contributed by atoms with Crippen LogP contribution in [0.1, 0.15) is 0 Å². The molecule has 0 aliphatic carbocycles. The summed E-state index contributed by atoms with van der Waals surface area (Å²) in [6, 6.07) is 39.4. The van der Waals surface area contributed by atoms with Crippen LogP contribution in [-0.4, -0.2) is 18.5 Å². The van der Waals surface area contributed by atoms with Gasteiger partial charge in [-0.25, -0.2) is 4.98 Å². The molecule has 5 aromatic carbocycles. The highest BCUT2D eigenvalue weighted by atomic mass is 32.1. The second-order valence-electron chi connectivity index (χ2n) is 9.74. The average Bonchev–Trinajstić information content (AvgIpc) is 3.72. The van der Waals surface area contributed by atoms with E-state index in [0.717, 1.165) is 21.7 Å². The number of hydrogen-bond acceptors (Lipinski definition) is 2. The molecule has 0 amide bonds. The summed E-state index contributed by atoms with van der Waals surface area (Å²) in [5.74, 6) is 0. The standard InChI is InChI=1S/C33H20N4S/c1-4-11-26-22(8-1)23-9-2-5-12-27(23)36(26)21-16-17-29-25(20-21)24-10-3-6-13-28(24)37(29)31-15-7-14-30-32(31)34-33-35(30)18-19-38-33/h1-20H. The van der Waals surface area contributed by atoms with Crippen LogP contribution >= 0.6 is 11.3 Å². The van der Waals surface area contributed by atoms with Gasteiger partial charge in [0.1, 0.15) is 5.52 Å². The van der Waals surface area contributed by atoms with Crippen LogP contribution in [0.4, 0.5) is 0 Å². The molecule has 0 atom stereocenters. The number of para-hydroxylation sites is 4. The Morgan fingerprint density at radius 2 is 1.13 bits per heavy atom. The molecular formula is C33H20N4S. The Hall–Kier alpha value is -4.87. The molecular weight excluding hydrogens is 484 g/mol. The highest BCUT2D eigenvalue weighted by molar-refractivity contribution is 7.15. The van der Waals surface area contributed by atoms with Crippen molar-refractivity contribution in [3.8, 4) is 11.4 Å². The molecule has 0 aliphatic heterocycles. The maximum atomic E-state index is 5.03. The van der Waals surface area contributed by atoms with Crippen molar-refractivity contribution in [2.75, 3.05) is 0 Å². The molecule has 0 aliphatic rings. The van der Waals surface area contributed by atoms with Crippen LogP contribution in [0.2, 0.25) is 0 Å². The number of hydrogen-bond donors (Lipinski definition) is 0. The normalized spacial score (nSPS) is 12.2. The van der Waals surface area contributed by atoms with Crippen LogP contribution in [0, 0.1) is 0 Å². The molecule has 178 valence electrons. The monoisotopic (exact) mass is 504 g/mol. The molecule has 0 bridgehead atoms. The summed E-state index contributed by atoms with van der Waals surface area (Å²) in [5.41, 5.74) is 9.23. The van der Waals surface area contributed by atoms with E-state index < -0.39 is 0 Å². The molecule has 0 unspecified atom stereocenters. The summed E-state index contributed by atoms with van der Waals surface area (Å²) in [4.78, 5) is 6.04. The number of rotatable bonds is 2. The first-order valence-electron chi connectivity index (χ1n) is 12.7. The second-order valence-corrected chi connectivity index (χ2v) is 10.6. The van der Waals surface area contributed by atoms with Crippen molar-refractivity contribution in [1.82, 2.24) is 18.5 Å². The van der Waals surface area contributed by atoms with Gasteiger partial charge >= 0.3 is 0 Å². The van der Waals surface area contributed by atoms with Crippen LogP contribution in [0.25, 0.3) is 71.0 Å². The Labute approximate surface area is 221 Å². The fourth-order valence-electron chi connectivity index (χ4n) is 6.20. The van der Waals surface area contributed by atoms with Gasteiger partial charge in [-0.3, -0.25) is 4.40 Å². The van der Waals surface area contributed by atoms with E-state index in [2.05, 4.69) is 134 Å². The van der Waals surface area contributed by atoms with Gasteiger partial charge in [0.2, 0.25) is 0 Å². The Bertz CT molecular complexity index is 2310. The molecule has 4 nitrogen and oxygen atoms in total. The lowest BCUT2D eigenvalue weighted by molar-refractivity contribution is 1.17. The summed E-state index contributed by atoms with van der Waals surface area (Å²) in [6.45, 7) is 0. The van der Waals surface area contributed by atoms with Crippen molar-refractivity contribution in [1.29, 1.82) is 0 Å². The molecule has 4 heterocycles. The lowest BCUT2D eigenvalue weighted by atomic mass is 10.1. The maximum Gasteiger partial charge on any atom is 0.194 e. The van der Waals surface area contributed by atoms with Crippen molar-refractivity contribution < 1.29 is 0 Å². The van der Waals surface area contributed by atoms with E-state index in [1.807, 2.05) is 0 Å². The third kappa shape index (κ3) is 2.56. The van der Waals surface area contributed by atoms with Gasteiger partial charge in [-0.15, -0.1) is 11.3 Å². The Kier molecular flexibility index (Phi) is 3.91. The zero-order valence-corrected chi connectivity index (χ0v) is 21.1. The van der Waals surface area contributed by atoms with E-state index in [9.17, 15) is 0 Å². The molecule has 9 aromatic rings. The maximum absolute atomic E-state index is 5.03. The minimum Gasteiger partial charge on any atom is -0.309 e. The molecule has 4 aromatic heterocycles. The van der Waals surface area contributed by atoms with Gasteiger partial charge in [-0.2, -0.15) is 0 Å². The number of imidazole rings is 1. The first kappa shape index (κ1) is 20.2. The quantitative estimate of drug-likeness (QED) is 0.231. The average molecular weight is 505 g/mol. The largest absolute Gasteiger partial charge is 0.309 e. The molecule has 38 heavy (non-hydrogen) atoms. The summed E-state index contributed by atoms with van der Waals surface area (Å²) in [5, 5.41) is 7.11. The van der Waals surface area contributed by atoms with E-state index in [0.29, 0.717) is 0 Å². The fourth-order valence-corrected chi connectivity index (χ4v) is 6.92. The van der Waals surface area contributed by atoms with Crippen LogP contribution in [0.3, 0.4) is 0 Å². The lowest BCUT2D eigenvalue weighted by Crippen LogP contribution is -1.96. The summed E-state index contributed by atoms with van der Waals surface area (Å²) in [6.07, 6.45) is 2.10. The molecule has 0 fully saturated rings. The predicted molar refractivity (Wildman–Crippen MR) is 159 cm³/mol. The number of benzene rings is 5. The molecule has 5 heteroatoms. The number of thiazole rings is 1. The van der Waals surface area contributed by atoms with E-state index in [1.165, 1.54) is 49.3 Å². The molecule has 0 saturated heterocycles. The lowest BCUT2D eigenvalue weighted by Gasteiger charge is -2.11. The van der Waals surface area contributed by atoms with Gasteiger partial charge in [-0.1, -0.05) is 60.7 Å². The van der Waals surface area contributed by atoms with E-state index in [1.54, 1.807) is 11.3 Å². The number of aromatic nitrogens is 4. The van der Waals surface area contributed by atoms with Gasteiger partial charge < -0.3 is 9.13 Å². The predicted octanol–water partition coefficient (Wildman–Crippen LogP) is 8.74. The SMILES string of the molecule is c1ccc2c(c1)c1ccccc1n2-c1ccc2c(c1)c1ccccc1n2-c1cccc2c1nc1sccn12. The van der Waals surface area contributed by atoms with Crippen LogP contribution in [0.15, 0.2) is 121 Å². The van der Waals surface area contributed by atoms with Gasteiger partial charge in [0.15, 0.2) is 4.96 Å². The highest BCUT2D eigenvalue weighted by Crippen LogP contribution is 2.38. The first-order valence-corrected chi connectivity index (χ1v) is 13.6. The molecule has 9 rings (SSSR count). The molecule has 0 N–H and O–H groups in total. The Morgan fingerprint density at radius 3 is 1.87 bits per heavy atom. The van der Waals surface area contributed by atoms with Crippen molar-refractivity contribution in [2.45, 2.75) is 0 Å². The molecule has 0 spiro atoms. The minimum absolute atomic E-state index is 1.02. The van der Waals surface area contributed by atoms with Crippen LogP contribution in [-0.2, 0) is 0 Å². The van der Waals surface area contributed by atoms with Crippen molar-refractivity contribution in [2.24, 2.45) is 0 Å². The Morgan fingerprint density at radius 1 is 0.526 bits per heavy atom. The van der Waals surface area contributed by atoms with Crippen molar-refractivity contribution in [3.05, 3.63) is 121 Å². The second kappa shape index (κ2) is 7.34. The topological polar surface area (TPSA) is 27.2 Å². The minimum atomic E-state index is 1.02. The number of fused-ring (bicyclic) bond motifs is 9. The van der Waals surface area contributed by atoms with Crippen molar-refractivity contribution >= 4 is 70.9 Å².